The van der Waals surface area contributed by atoms with Crippen molar-refractivity contribution in [2.75, 3.05) is 13.1 Å². The van der Waals surface area contributed by atoms with Gasteiger partial charge in [-0.3, -0.25) is 4.79 Å². The van der Waals surface area contributed by atoms with Gasteiger partial charge in [-0.2, -0.15) is 5.10 Å². The van der Waals surface area contributed by atoms with E-state index in [-0.39, 0.29) is 18.0 Å². The number of rotatable bonds is 4. The Hall–Kier alpha value is -2.25. The van der Waals surface area contributed by atoms with Crippen LogP contribution >= 0.6 is 11.3 Å². The number of amides is 1. The maximum absolute atomic E-state index is 13.6. The number of fused-ring (bicyclic) bond motifs is 1. The lowest BCUT2D eigenvalue weighted by Gasteiger charge is -2.38. The highest BCUT2D eigenvalue weighted by Crippen LogP contribution is 2.31. The number of carbonyl (C=O) groups is 1. The number of hydrogen-bond donors (Lipinski definition) is 1. The molecule has 3 aromatic heterocycles. The number of hydrogen-bond acceptors (Lipinski definition) is 5. The molecule has 148 valence electrons. The molecule has 3 aromatic rings. The molecule has 7 heteroatoms. The van der Waals surface area contributed by atoms with Crippen LogP contribution in [0.5, 0.6) is 0 Å². The highest BCUT2D eigenvalue weighted by Gasteiger charge is 2.31. The largest absolute Gasteiger partial charge is 0.334 e. The number of likely N-dealkylation sites (tertiary alicyclic amines) is 1. The Morgan fingerprint density at radius 2 is 2.25 bits per heavy atom. The van der Waals surface area contributed by atoms with Gasteiger partial charge in [0.05, 0.1) is 27.7 Å². The van der Waals surface area contributed by atoms with Crippen molar-refractivity contribution in [3.63, 3.8) is 0 Å². The highest BCUT2D eigenvalue weighted by molar-refractivity contribution is 7.13. The third-order valence-electron chi connectivity index (χ3n) is 5.57. The Morgan fingerprint density at radius 3 is 2.93 bits per heavy atom. The summed E-state index contributed by atoms with van der Waals surface area (Å²) < 4.78 is 1.89. The van der Waals surface area contributed by atoms with E-state index in [0.29, 0.717) is 18.0 Å². The fourth-order valence-electron chi connectivity index (χ4n) is 4.02. The SMILES string of the molecule is CC1CCN(C(=O)c2cc(-c3cccs3)nc3c2cnn3C(C)C)C(CN)C1. The second-order valence-corrected chi connectivity index (χ2v) is 8.92. The summed E-state index contributed by atoms with van der Waals surface area (Å²) in [6, 6.07) is 6.22. The third-order valence-corrected chi connectivity index (χ3v) is 6.46. The number of nitrogens with two attached hydrogens (primary N) is 1. The Bertz CT molecular complexity index is 978. The van der Waals surface area contributed by atoms with E-state index in [1.807, 2.05) is 33.2 Å². The van der Waals surface area contributed by atoms with Crippen molar-refractivity contribution < 1.29 is 4.79 Å². The van der Waals surface area contributed by atoms with Gasteiger partial charge in [0.25, 0.3) is 5.91 Å². The normalized spacial score (nSPS) is 20.2. The first-order valence-electron chi connectivity index (χ1n) is 9.92. The van der Waals surface area contributed by atoms with E-state index < -0.39 is 0 Å². The fourth-order valence-corrected chi connectivity index (χ4v) is 4.71. The molecule has 0 spiro atoms. The Morgan fingerprint density at radius 1 is 1.43 bits per heavy atom. The summed E-state index contributed by atoms with van der Waals surface area (Å²) in [6.45, 7) is 7.62. The van der Waals surface area contributed by atoms with Gasteiger partial charge < -0.3 is 10.6 Å². The molecule has 28 heavy (non-hydrogen) atoms. The van der Waals surface area contributed by atoms with Gasteiger partial charge in [0.1, 0.15) is 0 Å². The van der Waals surface area contributed by atoms with E-state index in [1.54, 1.807) is 17.5 Å². The molecule has 2 unspecified atom stereocenters. The van der Waals surface area contributed by atoms with Gasteiger partial charge >= 0.3 is 0 Å². The number of nitrogens with zero attached hydrogens (tertiary/aromatic N) is 4. The maximum Gasteiger partial charge on any atom is 0.255 e. The predicted octanol–water partition coefficient (Wildman–Crippen LogP) is 3.94. The van der Waals surface area contributed by atoms with Gasteiger partial charge in [0.2, 0.25) is 0 Å². The molecule has 2 atom stereocenters. The zero-order valence-corrected chi connectivity index (χ0v) is 17.4. The number of pyridine rings is 1. The van der Waals surface area contributed by atoms with Crippen molar-refractivity contribution in [2.45, 2.75) is 45.7 Å². The summed E-state index contributed by atoms with van der Waals surface area (Å²) in [5, 5.41) is 7.36. The van der Waals surface area contributed by atoms with Gasteiger partial charge in [-0.15, -0.1) is 11.3 Å². The number of carbonyl (C=O) groups excluding carboxylic acids is 1. The summed E-state index contributed by atoms with van der Waals surface area (Å²) >= 11 is 1.63. The Balaban J connectivity index is 1.84. The van der Waals surface area contributed by atoms with E-state index in [0.717, 1.165) is 41.0 Å². The van der Waals surface area contributed by atoms with E-state index in [1.165, 1.54) is 0 Å². The molecule has 0 aromatic carbocycles. The molecule has 0 bridgehead atoms. The Labute approximate surface area is 169 Å². The second-order valence-electron chi connectivity index (χ2n) is 7.97. The minimum absolute atomic E-state index is 0.0378. The van der Waals surface area contributed by atoms with Crippen molar-refractivity contribution in [2.24, 2.45) is 11.7 Å². The van der Waals surface area contributed by atoms with Crippen LogP contribution in [0.15, 0.2) is 29.8 Å². The summed E-state index contributed by atoms with van der Waals surface area (Å²) in [4.78, 5) is 21.5. The lowest BCUT2D eigenvalue weighted by molar-refractivity contribution is 0.0575. The molecule has 0 radical (unpaired) electrons. The van der Waals surface area contributed by atoms with Crippen molar-refractivity contribution in [3.05, 3.63) is 35.3 Å². The average Bonchev–Trinajstić information content (AvgIpc) is 3.36. The molecule has 6 nitrogen and oxygen atoms in total. The molecule has 2 N–H and O–H groups in total. The van der Waals surface area contributed by atoms with Gasteiger partial charge in [0.15, 0.2) is 5.65 Å². The van der Waals surface area contributed by atoms with Gasteiger partial charge in [0, 0.05) is 25.2 Å². The monoisotopic (exact) mass is 397 g/mol. The van der Waals surface area contributed by atoms with Crippen LogP contribution in [0, 0.1) is 5.92 Å². The van der Waals surface area contributed by atoms with Gasteiger partial charge in [-0.05, 0) is 50.1 Å². The summed E-state index contributed by atoms with van der Waals surface area (Å²) in [7, 11) is 0. The standard InChI is InChI=1S/C21H27N5OS/c1-13(2)26-20-17(12-23-26)16(10-18(24-20)19-5-4-8-28-19)21(27)25-7-6-14(3)9-15(25)11-22/h4-5,8,10,12-15H,6-7,9,11,22H2,1-3H3. The second kappa shape index (κ2) is 7.64. The van der Waals surface area contributed by atoms with Crippen LogP contribution in [0.3, 0.4) is 0 Å². The van der Waals surface area contributed by atoms with Crippen molar-refractivity contribution in [1.29, 1.82) is 0 Å². The molecule has 0 saturated carbocycles. The fraction of sp³-hybridized carbons (Fsp3) is 0.476. The van der Waals surface area contributed by atoms with Crippen LogP contribution in [-0.4, -0.2) is 44.7 Å². The molecule has 1 fully saturated rings. The van der Waals surface area contributed by atoms with Crippen molar-refractivity contribution in [1.82, 2.24) is 19.7 Å². The zero-order chi connectivity index (χ0) is 19.8. The minimum atomic E-state index is 0.0378. The first-order valence-corrected chi connectivity index (χ1v) is 10.8. The van der Waals surface area contributed by atoms with E-state index in [2.05, 4.69) is 25.9 Å². The number of aromatic nitrogens is 3. The van der Waals surface area contributed by atoms with Crippen molar-refractivity contribution >= 4 is 28.3 Å². The Kier molecular flexibility index (Phi) is 5.21. The van der Waals surface area contributed by atoms with Crippen LogP contribution < -0.4 is 5.73 Å². The lowest BCUT2D eigenvalue weighted by atomic mass is 9.91. The third kappa shape index (κ3) is 3.33. The molecule has 4 rings (SSSR count). The number of thiophene rings is 1. The van der Waals surface area contributed by atoms with Crippen LogP contribution in [0.25, 0.3) is 21.6 Å². The topological polar surface area (TPSA) is 77.0 Å². The molecular weight excluding hydrogens is 370 g/mol. The smallest absolute Gasteiger partial charge is 0.255 e. The molecule has 1 aliphatic rings. The number of piperidine rings is 1. The quantitative estimate of drug-likeness (QED) is 0.723. The summed E-state index contributed by atoms with van der Waals surface area (Å²) in [6.07, 6.45) is 3.75. The summed E-state index contributed by atoms with van der Waals surface area (Å²) in [5.74, 6) is 0.635. The average molecular weight is 398 g/mol. The van der Waals surface area contributed by atoms with E-state index in [4.69, 9.17) is 10.7 Å². The minimum Gasteiger partial charge on any atom is -0.334 e. The zero-order valence-electron chi connectivity index (χ0n) is 16.6. The van der Waals surface area contributed by atoms with Crippen molar-refractivity contribution in [3.8, 4) is 10.6 Å². The van der Waals surface area contributed by atoms with Gasteiger partial charge in [-0.1, -0.05) is 13.0 Å². The molecule has 1 aliphatic heterocycles. The lowest BCUT2D eigenvalue weighted by Crippen LogP contribution is -2.49. The predicted molar refractivity (Wildman–Crippen MR) is 114 cm³/mol. The molecule has 1 saturated heterocycles. The molecule has 1 amide bonds. The van der Waals surface area contributed by atoms with Crippen LogP contribution in [0.4, 0.5) is 0 Å². The first-order chi connectivity index (χ1) is 13.5. The highest BCUT2D eigenvalue weighted by atomic mass is 32.1. The van der Waals surface area contributed by atoms with Crippen LogP contribution in [0.2, 0.25) is 0 Å². The van der Waals surface area contributed by atoms with E-state index >= 15 is 0 Å². The molecule has 4 heterocycles. The van der Waals surface area contributed by atoms with E-state index in [9.17, 15) is 4.79 Å². The van der Waals surface area contributed by atoms with Gasteiger partial charge in [-0.25, -0.2) is 9.67 Å². The molecular formula is C21H27N5OS. The molecule has 0 aliphatic carbocycles. The van der Waals surface area contributed by atoms with Crippen LogP contribution in [-0.2, 0) is 0 Å². The summed E-state index contributed by atoms with van der Waals surface area (Å²) in [5.41, 5.74) is 8.27. The maximum atomic E-state index is 13.6. The van der Waals surface area contributed by atoms with Crippen LogP contribution in [0.1, 0.15) is 50.0 Å². The first kappa shape index (κ1) is 19.1.